The van der Waals surface area contributed by atoms with Gasteiger partial charge in [0.2, 0.25) is 10.6 Å². The number of hydrogen-bond acceptors (Lipinski definition) is 4. The Morgan fingerprint density at radius 2 is 1.40 bits per heavy atom. The lowest BCUT2D eigenvalue weighted by Gasteiger charge is -2.04. The molecule has 4 aromatic heterocycles. The smallest absolute Gasteiger partial charge is 0.208 e. The number of halogens is 2. The maximum Gasteiger partial charge on any atom is 0.208 e. The third kappa shape index (κ3) is 4.04. The fourth-order valence-electron chi connectivity index (χ4n) is 2.13. The monoisotopic (exact) mass is 372 g/mol. The third-order valence-electron chi connectivity index (χ3n) is 3.30. The molecule has 25 heavy (non-hydrogen) atoms. The molecule has 0 aliphatic carbocycles. The molecule has 4 heterocycles. The lowest BCUT2D eigenvalue weighted by atomic mass is 10.3. The molecule has 126 valence electrons. The van der Waals surface area contributed by atoms with Crippen LogP contribution in [-0.2, 0) is 0 Å². The summed E-state index contributed by atoms with van der Waals surface area (Å²) in [4.78, 5) is 16.1. The van der Waals surface area contributed by atoms with Crippen LogP contribution >= 0.6 is 23.2 Å². The molecule has 0 aliphatic rings. The Labute approximate surface area is 154 Å². The van der Waals surface area contributed by atoms with E-state index in [0.29, 0.717) is 10.6 Å². The predicted octanol–water partition coefficient (Wildman–Crippen LogP) is 4.15. The van der Waals surface area contributed by atoms with Gasteiger partial charge in [0.15, 0.2) is 0 Å². The number of pyridine rings is 2. The van der Waals surface area contributed by atoms with Gasteiger partial charge in [-0.05, 0) is 53.9 Å². The van der Waals surface area contributed by atoms with Gasteiger partial charge in [-0.1, -0.05) is 12.1 Å². The topological polar surface area (TPSA) is 61.4 Å². The molecule has 0 radical (unpaired) electrons. The van der Waals surface area contributed by atoms with Crippen LogP contribution in [0.5, 0.6) is 0 Å². The molecule has 0 aliphatic heterocycles. The molecule has 4 aromatic rings. The second-order valence-corrected chi connectivity index (χ2v) is 5.64. The molecule has 0 aromatic carbocycles. The van der Waals surface area contributed by atoms with Crippen molar-refractivity contribution in [1.82, 2.24) is 29.1 Å². The molecule has 0 amide bonds. The Kier molecular flexibility index (Phi) is 5.42. The first-order valence-electron chi connectivity index (χ1n) is 7.38. The van der Waals surface area contributed by atoms with E-state index in [1.54, 1.807) is 46.3 Å². The SMILES string of the molecule is Cc1cccnc1-n1ccnc1Cl.Clc1nccn1-c1ccccn1. The van der Waals surface area contributed by atoms with E-state index in [1.165, 1.54) is 0 Å². The summed E-state index contributed by atoms with van der Waals surface area (Å²) in [6, 6.07) is 9.50. The van der Waals surface area contributed by atoms with Crippen LogP contribution in [0.2, 0.25) is 10.6 Å². The largest absolute Gasteiger partial charge is 0.275 e. The van der Waals surface area contributed by atoms with Crippen molar-refractivity contribution in [3.63, 3.8) is 0 Å². The van der Waals surface area contributed by atoms with Gasteiger partial charge in [-0.25, -0.2) is 19.9 Å². The number of aromatic nitrogens is 6. The molecule has 0 saturated heterocycles. The van der Waals surface area contributed by atoms with Crippen LogP contribution in [0.4, 0.5) is 0 Å². The third-order valence-corrected chi connectivity index (χ3v) is 3.86. The Morgan fingerprint density at radius 1 is 0.720 bits per heavy atom. The van der Waals surface area contributed by atoms with E-state index in [9.17, 15) is 0 Å². The minimum atomic E-state index is 0.425. The van der Waals surface area contributed by atoms with E-state index >= 15 is 0 Å². The summed E-state index contributed by atoms with van der Waals surface area (Å²) in [7, 11) is 0. The van der Waals surface area contributed by atoms with Gasteiger partial charge < -0.3 is 0 Å². The van der Waals surface area contributed by atoms with Gasteiger partial charge in [0.05, 0.1) is 0 Å². The summed E-state index contributed by atoms with van der Waals surface area (Å²) in [5, 5.41) is 0.857. The van der Waals surface area contributed by atoms with Crippen molar-refractivity contribution in [2.45, 2.75) is 6.92 Å². The Hall–Kier alpha value is -2.70. The van der Waals surface area contributed by atoms with Gasteiger partial charge in [0.25, 0.3) is 0 Å². The molecule has 0 unspecified atom stereocenters. The van der Waals surface area contributed by atoms with Crippen molar-refractivity contribution in [2.24, 2.45) is 0 Å². The van der Waals surface area contributed by atoms with E-state index in [-0.39, 0.29) is 0 Å². The molecule has 0 bridgehead atoms. The first kappa shape index (κ1) is 17.1. The van der Waals surface area contributed by atoms with Gasteiger partial charge in [-0.3, -0.25) is 9.13 Å². The Balaban J connectivity index is 0.000000146. The second-order valence-electron chi connectivity index (χ2n) is 4.96. The number of rotatable bonds is 2. The maximum absolute atomic E-state index is 5.86. The van der Waals surface area contributed by atoms with Crippen LogP contribution < -0.4 is 0 Å². The van der Waals surface area contributed by atoms with Crippen molar-refractivity contribution < 1.29 is 0 Å². The quantitative estimate of drug-likeness (QED) is 0.530. The average Bonchev–Trinajstić information content (AvgIpc) is 3.25. The Bertz CT molecular complexity index is 948. The minimum absolute atomic E-state index is 0.425. The van der Waals surface area contributed by atoms with Gasteiger partial charge in [-0.2, -0.15) is 0 Å². The highest BCUT2D eigenvalue weighted by Gasteiger charge is 2.04. The number of aryl methyl sites for hydroxylation is 1. The highest BCUT2D eigenvalue weighted by atomic mass is 35.5. The molecule has 0 N–H and O–H groups in total. The molecular formula is C17H14Cl2N6. The zero-order chi connectivity index (χ0) is 17.6. The van der Waals surface area contributed by atoms with Crippen molar-refractivity contribution in [3.05, 3.63) is 83.6 Å². The van der Waals surface area contributed by atoms with Crippen molar-refractivity contribution >= 4 is 23.2 Å². The van der Waals surface area contributed by atoms with Crippen LogP contribution in [0, 0.1) is 6.92 Å². The molecule has 0 fully saturated rings. The summed E-state index contributed by atoms with van der Waals surface area (Å²) < 4.78 is 3.46. The van der Waals surface area contributed by atoms with Gasteiger partial charge in [-0.15, -0.1) is 0 Å². The van der Waals surface area contributed by atoms with Gasteiger partial charge >= 0.3 is 0 Å². The fraction of sp³-hybridized carbons (Fsp3) is 0.0588. The summed E-state index contributed by atoms with van der Waals surface area (Å²) in [6.45, 7) is 1.98. The average molecular weight is 373 g/mol. The molecule has 6 nitrogen and oxygen atoms in total. The molecule has 0 atom stereocenters. The number of hydrogen-bond donors (Lipinski definition) is 0. The summed E-state index contributed by atoms with van der Waals surface area (Å²) in [6.07, 6.45) is 10.3. The maximum atomic E-state index is 5.86. The lowest BCUT2D eigenvalue weighted by molar-refractivity contribution is 0.976. The molecule has 4 rings (SSSR count). The van der Waals surface area contributed by atoms with E-state index < -0.39 is 0 Å². The van der Waals surface area contributed by atoms with E-state index in [0.717, 1.165) is 17.2 Å². The van der Waals surface area contributed by atoms with Gasteiger partial charge in [0.1, 0.15) is 11.6 Å². The van der Waals surface area contributed by atoms with Crippen LogP contribution in [0.15, 0.2) is 67.5 Å². The van der Waals surface area contributed by atoms with Crippen LogP contribution in [-0.4, -0.2) is 29.1 Å². The van der Waals surface area contributed by atoms with Crippen molar-refractivity contribution in [1.29, 1.82) is 0 Å². The molecule has 8 heteroatoms. The zero-order valence-electron chi connectivity index (χ0n) is 13.3. The standard InChI is InChI=1S/C9H8ClN3.C8H6ClN3/c1-7-3-2-4-11-8(7)13-6-5-12-9(13)10;9-8-11-5-6-12(8)7-3-1-2-4-10-7/h2-6H,1H3;1-6H. The van der Waals surface area contributed by atoms with Crippen LogP contribution in [0.3, 0.4) is 0 Å². The summed E-state index contributed by atoms with van der Waals surface area (Å²) >= 11 is 11.6. The van der Waals surface area contributed by atoms with Crippen LogP contribution in [0.25, 0.3) is 11.6 Å². The molecule has 0 saturated carbocycles. The predicted molar refractivity (Wildman–Crippen MR) is 97.5 cm³/mol. The number of nitrogens with zero attached hydrogens (tertiary/aromatic N) is 6. The summed E-state index contributed by atoms with van der Waals surface area (Å²) in [5.41, 5.74) is 1.07. The normalized spacial score (nSPS) is 10.2. The zero-order valence-corrected chi connectivity index (χ0v) is 14.8. The second kappa shape index (κ2) is 7.92. The highest BCUT2D eigenvalue weighted by Crippen LogP contribution is 2.15. The first-order valence-corrected chi connectivity index (χ1v) is 8.13. The highest BCUT2D eigenvalue weighted by molar-refractivity contribution is 6.28. The number of imidazole rings is 2. The van der Waals surface area contributed by atoms with E-state index in [2.05, 4.69) is 19.9 Å². The lowest BCUT2D eigenvalue weighted by Crippen LogP contribution is -1.98. The van der Waals surface area contributed by atoms with E-state index in [4.69, 9.17) is 23.2 Å². The van der Waals surface area contributed by atoms with Crippen LogP contribution in [0.1, 0.15) is 5.56 Å². The van der Waals surface area contributed by atoms with Crippen molar-refractivity contribution in [3.8, 4) is 11.6 Å². The molecule has 0 spiro atoms. The van der Waals surface area contributed by atoms with Crippen molar-refractivity contribution in [2.75, 3.05) is 0 Å². The minimum Gasteiger partial charge on any atom is -0.275 e. The Morgan fingerprint density at radius 3 is 1.96 bits per heavy atom. The van der Waals surface area contributed by atoms with E-state index in [1.807, 2.05) is 37.3 Å². The fourth-order valence-corrected chi connectivity index (χ4v) is 2.52. The van der Waals surface area contributed by atoms with Gasteiger partial charge in [0, 0.05) is 37.2 Å². The molecular weight excluding hydrogens is 359 g/mol. The summed E-state index contributed by atoms with van der Waals surface area (Å²) in [5.74, 6) is 1.60. The first-order chi connectivity index (χ1) is 12.2.